The first-order valence-electron chi connectivity index (χ1n) is 11.2. The van der Waals surface area contributed by atoms with Gasteiger partial charge in [0.2, 0.25) is 5.91 Å². The van der Waals surface area contributed by atoms with Crippen LogP contribution in [-0.4, -0.2) is 46.5 Å². The molecule has 2 aliphatic rings. The van der Waals surface area contributed by atoms with E-state index in [0.29, 0.717) is 37.3 Å². The molecule has 34 heavy (non-hydrogen) atoms. The van der Waals surface area contributed by atoms with Gasteiger partial charge in [0.1, 0.15) is 5.76 Å². The van der Waals surface area contributed by atoms with Crippen molar-refractivity contribution in [3.8, 4) is 0 Å². The second kappa shape index (κ2) is 8.97. The van der Waals surface area contributed by atoms with Crippen LogP contribution < -0.4 is 5.32 Å². The molecule has 3 aromatic rings. The molecular weight excluding hydrogens is 434 g/mol. The first kappa shape index (κ1) is 21.6. The fourth-order valence-electron chi connectivity index (χ4n) is 4.42. The predicted octanol–water partition coefficient (Wildman–Crippen LogP) is 3.57. The minimum Gasteiger partial charge on any atom is -0.467 e. The fraction of sp³-hybridized carbons (Fsp3) is 0.231. The number of carbonyl (C=O) groups is 4. The van der Waals surface area contributed by atoms with Crippen LogP contribution in [0.3, 0.4) is 0 Å². The Morgan fingerprint density at radius 2 is 1.65 bits per heavy atom. The van der Waals surface area contributed by atoms with Crippen molar-refractivity contribution in [3.05, 3.63) is 89.4 Å². The molecule has 8 heteroatoms. The summed E-state index contributed by atoms with van der Waals surface area (Å²) in [6, 6.07) is 17.3. The highest BCUT2D eigenvalue weighted by atomic mass is 16.3. The molecule has 1 N–H and O–H groups in total. The van der Waals surface area contributed by atoms with Gasteiger partial charge in [0.05, 0.1) is 23.9 Å². The van der Waals surface area contributed by atoms with E-state index in [1.54, 1.807) is 23.1 Å². The molecule has 1 saturated heterocycles. The number of likely N-dealkylation sites (tertiary alicyclic amines) is 1. The van der Waals surface area contributed by atoms with Crippen LogP contribution in [0.4, 0.5) is 5.69 Å². The summed E-state index contributed by atoms with van der Waals surface area (Å²) in [5.41, 5.74) is 1.61. The third-order valence-electron chi connectivity index (χ3n) is 6.31. The smallest absolute Gasteiger partial charge is 0.261 e. The van der Waals surface area contributed by atoms with Gasteiger partial charge < -0.3 is 14.6 Å². The molecule has 5 rings (SSSR count). The lowest BCUT2D eigenvalue weighted by Gasteiger charge is -2.31. The molecule has 0 spiro atoms. The maximum absolute atomic E-state index is 13.1. The average molecular weight is 457 g/mol. The molecule has 0 unspecified atom stereocenters. The van der Waals surface area contributed by atoms with Crippen molar-refractivity contribution in [2.45, 2.75) is 19.4 Å². The molecule has 0 atom stereocenters. The fourth-order valence-corrected chi connectivity index (χ4v) is 4.42. The van der Waals surface area contributed by atoms with E-state index in [-0.39, 0.29) is 35.4 Å². The van der Waals surface area contributed by atoms with Crippen molar-refractivity contribution in [2.24, 2.45) is 5.92 Å². The van der Waals surface area contributed by atoms with Gasteiger partial charge in [-0.2, -0.15) is 0 Å². The third kappa shape index (κ3) is 4.10. The van der Waals surface area contributed by atoms with Gasteiger partial charge in [-0.1, -0.05) is 18.2 Å². The Labute approximate surface area is 196 Å². The van der Waals surface area contributed by atoms with Crippen molar-refractivity contribution >= 4 is 29.3 Å². The Balaban J connectivity index is 1.23. The van der Waals surface area contributed by atoms with Crippen LogP contribution in [0.15, 0.2) is 71.3 Å². The topological polar surface area (TPSA) is 99.9 Å². The van der Waals surface area contributed by atoms with Crippen molar-refractivity contribution in [2.75, 3.05) is 18.4 Å². The minimum atomic E-state index is -0.442. The molecule has 0 radical (unpaired) electrons. The molecule has 0 saturated carbocycles. The van der Waals surface area contributed by atoms with Crippen molar-refractivity contribution in [3.63, 3.8) is 0 Å². The number of fused-ring (bicyclic) bond motifs is 1. The highest BCUT2D eigenvalue weighted by molar-refractivity contribution is 6.22. The molecule has 0 aliphatic carbocycles. The number of furan rings is 1. The second-order valence-electron chi connectivity index (χ2n) is 8.46. The van der Waals surface area contributed by atoms with Gasteiger partial charge in [0.25, 0.3) is 17.7 Å². The normalized spacial score (nSPS) is 16.0. The molecule has 2 aromatic carbocycles. The van der Waals surface area contributed by atoms with Crippen LogP contribution in [0, 0.1) is 5.92 Å². The maximum Gasteiger partial charge on any atom is 0.261 e. The predicted molar refractivity (Wildman–Crippen MR) is 123 cm³/mol. The zero-order valence-electron chi connectivity index (χ0n) is 18.4. The van der Waals surface area contributed by atoms with Crippen LogP contribution in [0.25, 0.3) is 0 Å². The molecule has 1 fully saturated rings. The number of anilines is 1. The zero-order chi connectivity index (χ0) is 23.7. The number of nitrogens with one attached hydrogen (secondary N) is 1. The molecule has 2 aliphatic heterocycles. The SMILES string of the molecule is O=C(Nc1ccccc1)C1CCN(C(=O)c2ccc3c(c2)C(=O)N(Cc2ccco2)C3=O)CC1. The van der Waals surface area contributed by atoms with Crippen molar-refractivity contribution < 1.29 is 23.6 Å². The van der Waals surface area contributed by atoms with Gasteiger partial charge >= 0.3 is 0 Å². The highest BCUT2D eigenvalue weighted by Gasteiger charge is 2.37. The first-order chi connectivity index (χ1) is 16.5. The largest absolute Gasteiger partial charge is 0.467 e. The molecule has 4 amide bonds. The Morgan fingerprint density at radius 1 is 0.912 bits per heavy atom. The number of rotatable bonds is 5. The Bertz CT molecular complexity index is 1240. The van der Waals surface area contributed by atoms with Crippen molar-refractivity contribution in [1.82, 2.24) is 9.80 Å². The number of para-hydroxylation sites is 1. The standard InChI is InChI=1S/C26H23N3O5/c30-23(27-19-5-2-1-3-6-19)17-10-12-28(13-11-17)24(31)18-8-9-21-22(15-18)26(33)29(25(21)32)16-20-7-4-14-34-20/h1-9,14-15,17H,10-13,16H2,(H,27,30). The second-order valence-corrected chi connectivity index (χ2v) is 8.46. The monoisotopic (exact) mass is 457 g/mol. The lowest BCUT2D eigenvalue weighted by atomic mass is 9.95. The number of carbonyl (C=O) groups excluding carboxylic acids is 4. The number of imide groups is 1. The Hall–Kier alpha value is -4.20. The van der Waals surface area contributed by atoms with Crippen LogP contribution in [-0.2, 0) is 11.3 Å². The van der Waals surface area contributed by atoms with E-state index in [2.05, 4.69) is 5.32 Å². The summed E-state index contributed by atoms with van der Waals surface area (Å²) in [4.78, 5) is 54.0. The quantitative estimate of drug-likeness (QED) is 0.591. The Morgan fingerprint density at radius 3 is 2.35 bits per heavy atom. The lowest BCUT2D eigenvalue weighted by Crippen LogP contribution is -2.41. The summed E-state index contributed by atoms with van der Waals surface area (Å²) in [7, 11) is 0. The van der Waals surface area contributed by atoms with E-state index < -0.39 is 11.8 Å². The van der Waals surface area contributed by atoms with E-state index in [1.807, 2.05) is 30.3 Å². The number of hydrogen-bond acceptors (Lipinski definition) is 5. The zero-order valence-corrected chi connectivity index (χ0v) is 18.4. The van der Waals surface area contributed by atoms with Gasteiger partial charge in [-0.3, -0.25) is 24.1 Å². The van der Waals surface area contributed by atoms with Gasteiger partial charge in [0, 0.05) is 30.3 Å². The molecule has 8 nitrogen and oxygen atoms in total. The van der Waals surface area contributed by atoms with Crippen LogP contribution in [0.1, 0.15) is 49.7 Å². The number of piperidine rings is 1. The lowest BCUT2D eigenvalue weighted by molar-refractivity contribution is -0.121. The van der Waals surface area contributed by atoms with E-state index in [4.69, 9.17) is 4.42 Å². The minimum absolute atomic E-state index is 0.0428. The van der Waals surface area contributed by atoms with E-state index in [0.717, 1.165) is 10.6 Å². The molecule has 0 bridgehead atoms. The summed E-state index contributed by atoms with van der Waals surface area (Å²) >= 11 is 0. The van der Waals surface area contributed by atoms with Gasteiger partial charge in [-0.25, -0.2) is 0 Å². The average Bonchev–Trinajstić information content (AvgIpc) is 3.47. The highest BCUT2D eigenvalue weighted by Crippen LogP contribution is 2.27. The summed E-state index contributed by atoms with van der Waals surface area (Å²) in [6.07, 6.45) is 2.60. The first-order valence-corrected chi connectivity index (χ1v) is 11.2. The number of amides is 4. The van der Waals surface area contributed by atoms with Gasteiger partial charge in [0.15, 0.2) is 0 Å². The maximum atomic E-state index is 13.1. The summed E-state index contributed by atoms with van der Waals surface area (Å²) in [6.45, 7) is 0.932. The summed E-state index contributed by atoms with van der Waals surface area (Å²) in [5.74, 6) is -0.766. The molecule has 3 heterocycles. The molecule has 172 valence electrons. The number of benzene rings is 2. The van der Waals surface area contributed by atoms with Crippen LogP contribution >= 0.6 is 0 Å². The van der Waals surface area contributed by atoms with Crippen LogP contribution in [0.5, 0.6) is 0 Å². The third-order valence-corrected chi connectivity index (χ3v) is 6.31. The molecular formula is C26H23N3O5. The van der Waals surface area contributed by atoms with E-state index >= 15 is 0 Å². The number of nitrogens with zero attached hydrogens (tertiary/aromatic N) is 2. The molecule has 1 aromatic heterocycles. The van der Waals surface area contributed by atoms with E-state index in [1.165, 1.54) is 18.4 Å². The van der Waals surface area contributed by atoms with Gasteiger partial charge in [-0.05, 0) is 55.3 Å². The van der Waals surface area contributed by atoms with Crippen molar-refractivity contribution in [1.29, 1.82) is 0 Å². The summed E-state index contributed by atoms with van der Waals surface area (Å²) < 4.78 is 5.26. The van der Waals surface area contributed by atoms with Crippen LogP contribution in [0.2, 0.25) is 0 Å². The van der Waals surface area contributed by atoms with E-state index in [9.17, 15) is 19.2 Å². The van der Waals surface area contributed by atoms with Gasteiger partial charge in [-0.15, -0.1) is 0 Å². The summed E-state index contributed by atoms with van der Waals surface area (Å²) in [5, 5.41) is 2.92. The Kier molecular flexibility index (Phi) is 5.71. The number of hydrogen-bond donors (Lipinski definition) is 1.